The van der Waals surface area contributed by atoms with E-state index in [4.69, 9.17) is 16.3 Å². The van der Waals surface area contributed by atoms with Crippen molar-refractivity contribution >= 4 is 29.5 Å². The zero-order valence-corrected chi connectivity index (χ0v) is 10.6. The molecule has 1 aromatic rings. The van der Waals surface area contributed by atoms with Crippen LogP contribution in [-0.2, 0) is 9.53 Å². The molecule has 0 aromatic heterocycles. The molecule has 4 nitrogen and oxygen atoms in total. The molecule has 1 N–H and O–H groups in total. The number of ether oxygens (including phenoxy) is 1. The van der Waals surface area contributed by atoms with Gasteiger partial charge in [0.25, 0.3) is 0 Å². The zero-order valence-electron chi connectivity index (χ0n) is 9.87. The van der Waals surface area contributed by atoms with Gasteiger partial charge in [0.2, 0.25) is 0 Å². The number of hydrazone groups is 1. The van der Waals surface area contributed by atoms with Crippen molar-refractivity contribution < 1.29 is 9.53 Å². The number of rotatable bonds is 5. The molecule has 0 spiro atoms. The largest absolute Gasteiger partial charge is 0.460 e. The highest BCUT2D eigenvalue weighted by molar-refractivity contribution is 6.33. The van der Waals surface area contributed by atoms with Gasteiger partial charge < -0.3 is 4.74 Å². The Balaban J connectivity index is 2.42. The summed E-state index contributed by atoms with van der Waals surface area (Å²) in [6, 6.07) is 5.63. The lowest BCUT2D eigenvalue weighted by Crippen LogP contribution is -2.05. The highest BCUT2D eigenvalue weighted by Crippen LogP contribution is 2.24. The minimum atomic E-state index is -0.245. The summed E-state index contributed by atoms with van der Waals surface area (Å²) >= 11 is 6.06. The molecular formula is C12H15ClN2O2. The lowest BCUT2D eigenvalue weighted by Gasteiger charge is -2.05. The molecule has 0 unspecified atom stereocenters. The van der Waals surface area contributed by atoms with Crippen LogP contribution in [0.5, 0.6) is 0 Å². The maximum absolute atomic E-state index is 10.8. The van der Waals surface area contributed by atoms with E-state index in [0.29, 0.717) is 11.4 Å². The minimum Gasteiger partial charge on any atom is -0.460 e. The first-order chi connectivity index (χ1) is 8.15. The topological polar surface area (TPSA) is 50.7 Å². The number of nitrogens with zero attached hydrogens (tertiary/aromatic N) is 1. The Bertz CT molecular complexity index is 419. The van der Waals surface area contributed by atoms with Crippen LogP contribution >= 0.6 is 11.6 Å². The van der Waals surface area contributed by atoms with Gasteiger partial charge in [-0.3, -0.25) is 10.2 Å². The number of carbonyl (C=O) groups is 1. The second kappa shape index (κ2) is 6.91. The fraction of sp³-hybridized carbons (Fsp3) is 0.333. The summed E-state index contributed by atoms with van der Waals surface area (Å²) in [6.07, 6.45) is 1.84. The average Bonchev–Trinajstić information content (AvgIpc) is 2.33. The van der Waals surface area contributed by atoms with Crippen LogP contribution in [0.25, 0.3) is 0 Å². The molecule has 0 heterocycles. The normalized spacial score (nSPS) is 10.5. The summed E-state index contributed by atoms with van der Waals surface area (Å²) in [5.74, 6) is -0.245. The fourth-order valence-electron chi connectivity index (χ4n) is 1.12. The molecule has 0 aliphatic heterocycles. The molecule has 0 saturated heterocycles. The number of hydrogen-bond donors (Lipinski definition) is 1. The van der Waals surface area contributed by atoms with Gasteiger partial charge in [-0.05, 0) is 18.6 Å². The highest BCUT2D eigenvalue weighted by Gasteiger charge is 2.00. The summed E-state index contributed by atoms with van der Waals surface area (Å²) in [7, 11) is 0. The smallest absolute Gasteiger partial charge is 0.305 e. The molecule has 0 amide bonds. The third-order valence-corrected chi connectivity index (χ3v) is 2.58. The summed E-state index contributed by atoms with van der Waals surface area (Å²) < 4.78 is 4.82. The van der Waals surface area contributed by atoms with E-state index in [9.17, 15) is 4.79 Å². The van der Waals surface area contributed by atoms with Crippen molar-refractivity contribution in [2.75, 3.05) is 12.0 Å². The number of esters is 1. The van der Waals surface area contributed by atoms with Gasteiger partial charge in [0.1, 0.15) is 6.61 Å². The Morgan fingerprint density at radius 1 is 1.59 bits per heavy atom. The van der Waals surface area contributed by atoms with Crippen molar-refractivity contribution in [1.82, 2.24) is 0 Å². The van der Waals surface area contributed by atoms with Gasteiger partial charge >= 0.3 is 5.97 Å². The van der Waals surface area contributed by atoms with Crippen LogP contribution in [0.4, 0.5) is 5.69 Å². The van der Waals surface area contributed by atoms with Crippen LogP contribution < -0.4 is 5.43 Å². The maximum Gasteiger partial charge on any atom is 0.305 e. The molecule has 0 radical (unpaired) electrons. The van der Waals surface area contributed by atoms with E-state index in [1.807, 2.05) is 25.1 Å². The summed E-state index contributed by atoms with van der Waals surface area (Å²) in [5, 5.41) is 4.55. The average molecular weight is 255 g/mol. The van der Waals surface area contributed by atoms with Crippen molar-refractivity contribution in [2.24, 2.45) is 5.10 Å². The zero-order chi connectivity index (χ0) is 12.7. The molecule has 0 aliphatic carbocycles. The quantitative estimate of drug-likeness (QED) is 0.499. The van der Waals surface area contributed by atoms with Crippen molar-refractivity contribution in [3.63, 3.8) is 0 Å². The Labute approximate surface area is 106 Å². The van der Waals surface area contributed by atoms with Crippen LogP contribution in [-0.4, -0.2) is 18.8 Å². The molecule has 0 fully saturated rings. The van der Waals surface area contributed by atoms with Gasteiger partial charge in [0.15, 0.2) is 0 Å². The molecule has 5 heteroatoms. The summed E-state index contributed by atoms with van der Waals surface area (Å²) in [5.41, 5.74) is 4.49. The molecule has 1 aromatic carbocycles. The monoisotopic (exact) mass is 254 g/mol. The molecule has 0 atom stereocenters. The number of anilines is 1. The van der Waals surface area contributed by atoms with E-state index in [1.165, 1.54) is 6.21 Å². The molecule has 0 aliphatic rings. The third-order valence-electron chi connectivity index (χ3n) is 2.08. The van der Waals surface area contributed by atoms with Gasteiger partial charge in [0.05, 0.1) is 16.9 Å². The number of halogens is 1. The van der Waals surface area contributed by atoms with Gasteiger partial charge in [-0.25, -0.2) is 0 Å². The standard InChI is InChI=1S/C12H15ClN2O2/c1-3-11(16)17-8-7-14-15-10-6-4-5-9(2)12(10)13/h4-7,15H,3,8H2,1-2H3. The lowest BCUT2D eigenvalue weighted by atomic mass is 10.2. The summed E-state index contributed by atoms with van der Waals surface area (Å²) in [6.45, 7) is 3.81. The molecule has 0 bridgehead atoms. The number of carbonyl (C=O) groups excluding carboxylic acids is 1. The van der Waals surface area contributed by atoms with E-state index in [-0.39, 0.29) is 12.6 Å². The molecule has 17 heavy (non-hydrogen) atoms. The number of hydrogen-bond acceptors (Lipinski definition) is 4. The van der Waals surface area contributed by atoms with E-state index in [0.717, 1.165) is 11.3 Å². The number of aryl methyl sites for hydroxylation is 1. The Kier molecular flexibility index (Phi) is 5.49. The van der Waals surface area contributed by atoms with Crippen LogP contribution in [0.2, 0.25) is 5.02 Å². The van der Waals surface area contributed by atoms with Crippen LogP contribution in [0.15, 0.2) is 23.3 Å². The first kappa shape index (κ1) is 13.5. The van der Waals surface area contributed by atoms with Crippen molar-refractivity contribution in [3.05, 3.63) is 28.8 Å². The lowest BCUT2D eigenvalue weighted by molar-refractivity contribution is -0.141. The maximum atomic E-state index is 10.8. The number of nitrogens with one attached hydrogen (secondary N) is 1. The van der Waals surface area contributed by atoms with Crippen molar-refractivity contribution in [1.29, 1.82) is 0 Å². The van der Waals surface area contributed by atoms with Gasteiger partial charge in [-0.2, -0.15) is 5.10 Å². The number of benzene rings is 1. The third kappa shape index (κ3) is 4.44. The van der Waals surface area contributed by atoms with Crippen LogP contribution in [0, 0.1) is 6.92 Å². The second-order valence-corrected chi connectivity index (χ2v) is 3.77. The second-order valence-electron chi connectivity index (χ2n) is 3.40. The van der Waals surface area contributed by atoms with E-state index in [1.54, 1.807) is 6.92 Å². The van der Waals surface area contributed by atoms with Crippen LogP contribution in [0.3, 0.4) is 0 Å². The van der Waals surface area contributed by atoms with Crippen LogP contribution in [0.1, 0.15) is 18.9 Å². The predicted octanol–water partition coefficient (Wildman–Crippen LogP) is 3.00. The minimum absolute atomic E-state index is 0.156. The molecule has 92 valence electrons. The van der Waals surface area contributed by atoms with Gasteiger partial charge in [-0.15, -0.1) is 0 Å². The first-order valence-corrected chi connectivity index (χ1v) is 5.71. The Morgan fingerprint density at radius 2 is 2.35 bits per heavy atom. The predicted molar refractivity (Wildman–Crippen MR) is 69.6 cm³/mol. The Morgan fingerprint density at radius 3 is 3.06 bits per heavy atom. The van der Waals surface area contributed by atoms with Gasteiger partial charge in [-0.1, -0.05) is 30.7 Å². The summed E-state index contributed by atoms with van der Waals surface area (Å²) in [4.78, 5) is 10.8. The van der Waals surface area contributed by atoms with Crippen molar-refractivity contribution in [3.8, 4) is 0 Å². The van der Waals surface area contributed by atoms with Crippen molar-refractivity contribution in [2.45, 2.75) is 20.3 Å². The highest BCUT2D eigenvalue weighted by atomic mass is 35.5. The molecule has 0 saturated carbocycles. The SMILES string of the molecule is CCC(=O)OCC=NNc1cccc(C)c1Cl. The van der Waals surface area contributed by atoms with E-state index >= 15 is 0 Å². The first-order valence-electron chi connectivity index (χ1n) is 5.33. The van der Waals surface area contributed by atoms with E-state index in [2.05, 4.69) is 10.5 Å². The molecular weight excluding hydrogens is 240 g/mol. The van der Waals surface area contributed by atoms with E-state index < -0.39 is 0 Å². The fourth-order valence-corrected chi connectivity index (χ4v) is 1.29. The Hall–Kier alpha value is -1.55. The molecule has 1 rings (SSSR count). The van der Waals surface area contributed by atoms with Gasteiger partial charge in [0, 0.05) is 6.42 Å².